The summed E-state index contributed by atoms with van der Waals surface area (Å²) in [7, 11) is 0. The van der Waals surface area contributed by atoms with E-state index in [1.165, 1.54) is 11.3 Å². The highest BCUT2D eigenvalue weighted by molar-refractivity contribution is 7.13. The quantitative estimate of drug-likeness (QED) is 0.515. The van der Waals surface area contributed by atoms with Gasteiger partial charge in [0.05, 0.1) is 25.1 Å². The lowest BCUT2D eigenvalue weighted by Crippen LogP contribution is -2.36. The topological polar surface area (TPSA) is 72.3 Å². The standard InChI is InChI=1S/C23H21N5O2S/c29-22(25-18-5-4-8-20(13-18)27-9-11-30-12-10-27)21-16-31-23(26-21)17-14-24-28(15-17)19-6-2-1-3-7-19/h1-8,13-16H,9-12H2,(H,25,29). The van der Waals surface area contributed by atoms with E-state index in [0.717, 1.165) is 53.9 Å². The molecule has 4 aromatic rings. The Morgan fingerprint density at radius 3 is 2.68 bits per heavy atom. The first-order valence-electron chi connectivity index (χ1n) is 10.1. The third kappa shape index (κ3) is 4.35. The zero-order valence-electron chi connectivity index (χ0n) is 16.8. The number of nitrogens with zero attached hydrogens (tertiary/aromatic N) is 4. The molecule has 156 valence electrons. The Labute approximate surface area is 183 Å². The van der Waals surface area contributed by atoms with Crippen molar-refractivity contribution in [2.75, 3.05) is 36.5 Å². The maximum atomic E-state index is 12.8. The Morgan fingerprint density at radius 1 is 1.03 bits per heavy atom. The van der Waals surface area contributed by atoms with E-state index in [1.54, 1.807) is 16.3 Å². The molecule has 31 heavy (non-hydrogen) atoms. The number of morpholine rings is 1. The molecule has 0 unspecified atom stereocenters. The van der Waals surface area contributed by atoms with E-state index >= 15 is 0 Å². The van der Waals surface area contributed by atoms with Gasteiger partial charge in [0.1, 0.15) is 10.7 Å². The predicted octanol–water partition coefficient (Wildman–Crippen LogP) is 4.08. The molecule has 1 aliphatic rings. The van der Waals surface area contributed by atoms with Crippen molar-refractivity contribution in [2.45, 2.75) is 0 Å². The Bertz CT molecular complexity index is 1180. The lowest BCUT2D eigenvalue weighted by molar-refractivity contribution is 0.102. The van der Waals surface area contributed by atoms with E-state index in [-0.39, 0.29) is 5.91 Å². The highest BCUT2D eigenvalue weighted by Gasteiger charge is 2.15. The van der Waals surface area contributed by atoms with Crippen LogP contribution in [-0.2, 0) is 4.74 Å². The molecule has 0 atom stereocenters. The summed E-state index contributed by atoms with van der Waals surface area (Å²) in [6.45, 7) is 3.14. The number of nitrogens with one attached hydrogen (secondary N) is 1. The predicted molar refractivity (Wildman–Crippen MR) is 122 cm³/mol. The van der Waals surface area contributed by atoms with Crippen LogP contribution in [0.25, 0.3) is 16.3 Å². The van der Waals surface area contributed by atoms with E-state index in [1.807, 2.05) is 60.8 Å². The molecule has 1 amide bonds. The molecule has 1 aliphatic heterocycles. The fourth-order valence-electron chi connectivity index (χ4n) is 3.46. The van der Waals surface area contributed by atoms with E-state index in [0.29, 0.717) is 5.69 Å². The Balaban J connectivity index is 1.29. The second kappa shape index (κ2) is 8.71. The molecular formula is C23H21N5O2S. The van der Waals surface area contributed by atoms with Gasteiger partial charge in [0.25, 0.3) is 5.91 Å². The van der Waals surface area contributed by atoms with Crippen molar-refractivity contribution in [1.29, 1.82) is 0 Å². The molecule has 2 aromatic heterocycles. The third-order valence-corrected chi connectivity index (χ3v) is 5.96. The van der Waals surface area contributed by atoms with Gasteiger partial charge in [-0.3, -0.25) is 4.79 Å². The van der Waals surface area contributed by atoms with Crippen molar-refractivity contribution < 1.29 is 9.53 Å². The lowest BCUT2D eigenvalue weighted by atomic mass is 10.2. The number of benzene rings is 2. The maximum Gasteiger partial charge on any atom is 0.275 e. The lowest BCUT2D eigenvalue weighted by Gasteiger charge is -2.29. The van der Waals surface area contributed by atoms with Gasteiger partial charge in [0, 0.05) is 41.6 Å². The van der Waals surface area contributed by atoms with Crippen LogP contribution in [-0.4, -0.2) is 47.0 Å². The molecular weight excluding hydrogens is 410 g/mol. The summed E-state index contributed by atoms with van der Waals surface area (Å²) in [6, 6.07) is 17.8. The molecule has 0 saturated carbocycles. The monoisotopic (exact) mass is 431 g/mol. The van der Waals surface area contributed by atoms with Crippen LogP contribution in [0, 0.1) is 0 Å². The fraction of sp³-hybridized carbons (Fsp3) is 0.174. The first-order chi connectivity index (χ1) is 15.3. The molecule has 1 N–H and O–H groups in total. The Kier molecular flexibility index (Phi) is 5.47. The van der Waals surface area contributed by atoms with E-state index in [2.05, 4.69) is 20.3 Å². The summed E-state index contributed by atoms with van der Waals surface area (Å²) in [5.74, 6) is -0.225. The molecule has 7 nitrogen and oxygen atoms in total. The number of hydrogen-bond donors (Lipinski definition) is 1. The van der Waals surface area contributed by atoms with E-state index in [9.17, 15) is 4.79 Å². The molecule has 1 saturated heterocycles. The molecule has 2 aromatic carbocycles. The van der Waals surface area contributed by atoms with Crippen LogP contribution in [0.1, 0.15) is 10.5 Å². The van der Waals surface area contributed by atoms with Crippen molar-refractivity contribution in [3.63, 3.8) is 0 Å². The van der Waals surface area contributed by atoms with Crippen LogP contribution in [0.5, 0.6) is 0 Å². The molecule has 0 bridgehead atoms. The first-order valence-corrected chi connectivity index (χ1v) is 10.9. The SMILES string of the molecule is O=C(Nc1cccc(N2CCOCC2)c1)c1csc(-c2cnn(-c3ccccc3)c2)n1. The van der Waals surface area contributed by atoms with Gasteiger partial charge in [0.15, 0.2) is 0 Å². The number of para-hydroxylation sites is 1. The highest BCUT2D eigenvalue weighted by Crippen LogP contribution is 2.25. The van der Waals surface area contributed by atoms with Crippen LogP contribution >= 0.6 is 11.3 Å². The minimum Gasteiger partial charge on any atom is -0.378 e. The zero-order chi connectivity index (χ0) is 21.0. The zero-order valence-corrected chi connectivity index (χ0v) is 17.6. The first kappa shape index (κ1) is 19.5. The average molecular weight is 432 g/mol. The number of hydrogen-bond acceptors (Lipinski definition) is 6. The summed E-state index contributed by atoms with van der Waals surface area (Å²) >= 11 is 1.43. The number of amides is 1. The van der Waals surface area contributed by atoms with Gasteiger partial charge in [-0.25, -0.2) is 9.67 Å². The van der Waals surface area contributed by atoms with Crippen LogP contribution in [0.2, 0.25) is 0 Å². The minimum atomic E-state index is -0.225. The van der Waals surface area contributed by atoms with Gasteiger partial charge in [-0.15, -0.1) is 11.3 Å². The summed E-state index contributed by atoms with van der Waals surface area (Å²) < 4.78 is 7.21. The van der Waals surface area contributed by atoms with Crippen molar-refractivity contribution in [2.24, 2.45) is 0 Å². The summed E-state index contributed by atoms with van der Waals surface area (Å²) in [5.41, 5.74) is 4.07. The number of anilines is 2. The number of rotatable bonds is 5. The number of carbonyl (C=O) groups is 1. The molecule has 0 spiro atoms. The molecule has 3 heterocycles. The van der Waals surface area contributed by atoms with Gasteiger partial charge in [-0.05, 0) is 30.3 Å². The van der Waals surface area contributed by atoms with Gasteiger partial charge >= 0.3 is 0 Å². The summed E-state index contributed by atoms with van der Waals surface area (Å²) in [5, 5.41) is 9.90. The fourth-order valence-corrected chi connectivity index (χ4v) is 4.24. The summed E-state index contributed by atoms with van der Waals surface area (Å²) in [6.07, 6.45) is 3.68. The number of carbonyl (C=O) groups excluding carboxylic acids is 1. The summed E-state index contributed by atoms with van der Waals surface area (Å²) in [4.78, 5) is 19.5. The Morgan fingerprint density at radius 2 is 1.84 bits per heavy atom. The third-order valence-electron chi connectivity index (χ3n) is 5.07. The average Bonchev–Trinajstić information content (AvgIpc) is 3.51. The van der Waals surface area contributed by atoms with Crippen LogP contribution in [0.4, 0.5) is 11.4 Å². The normalized spacial score (nSPS) is 13.9. The highest BCUT2D eigenvalue weighted by atomic mass is 32.1. The van der Waals surface area contributed by atoms with Crippen molar-refractivity contribution in [3.8, 4) is 16.3 Å². The van der Waals surface area contributed by atoms with Gasteiger partial charge in [0.2, 0.25) is 0 Å². The van der Waals surface area contributed by atoms with Crippen LogP contribution < -0.4 is 10.2 Å². The molecule has 5 rings (SSSR count). The van der Waals surface area contributed by atoms with Gasteiger partial charge < -0.3 is 15.0 Å². The van der Waals surface area contributed by atoms with Gasteiger partial charge in [-0.2, -0.15) is 5.10 Å². The van der Waals surface area contributed by atoms with Crippen molar-refractivity contribution in [3.05, 3.63) is 78.1 Å². The maximum absolute atomic E-state index is 12.8. The molecule has 1 fully saturated rings. The largest absolute Gasteiger partial charge is 0.378 e. The van der Waals surface area contributed by atoms with E-state index in [4.69, 9.17) is 4.74 Å². The van der Waals surface area contributed by atoms with Crippen LogP contribution in [0.15, 0.2) is 72.4 Å². The van der Waals surface area contributed by atoms with Crippen molar-refractivity contribution >= 4 is 28.6 Å². The number of ether oxygens (including phenoxy) is 1. The molecule has 0 aliphatic carbocycles. The Hall–Kier alpha value is -3.49. The molecule has 0 radical (unpaired) electrons. The second-order valence-electron chi connectivity index (χ2n) is 7.15. The number of thiazole rings is 1. The molecule has 8 heteroatoms. The van der Waals surface area contributed by atoms with Crippen LogP contribution in [0.3, 0.4) is 0 Å². The smallest absolute Gasteiger partial charge is 0.275 e. The van der Waals surface area contributed by atoms with Crippen molar-refractivity contribution in [1.82, 2.24) is 14.8 Å². The minimum absolute atomic E-state index is 0.225. The van der Waals surface area contributed by atoms with Gasteiger partial charge in [-0.1, -0.05) is 24.3 Å². The van der Waals surface area contributed by atoms with E-state index < -0.39 is 0 Å². The second-order valence-corrected chi connectivity index (χ2v) is 8.01. The number of aromatic nitrogens is 3.